The SMILES string of the molecule is Cc1ccc([N+](=O)[O-])c(C(=O)Nc2cnn(-c3ccccc3F)c2)c1. The molecule has 0 unspecified atom stereocenters. The monoisotopic (exact) mass is 340 g/mol. The summed E-state index contributed by atoms with van der Waals surface area (Å²) in [6.07, 6.45) is 2.77. The Kier molecular flexibility index (Phi) is 4.25. The number of carbonyl (C=O) groups is 1. The molecule has 0 fully saturated rings. The lowest BCUT2D eigenvalue weighted by molar-refractivity contribution is -0.385. The minimum Gasteiger partial charge on any atom is -0.319 e. The molecule has 0 saturated heterocycles. The van der Waals surface area contributed by atoms with E-state index in [9.17, 15) is 19.3 Å². The Bertz CT molecular complexity index is 968. The van der Waals surface area contributed by atoms with E-state index in [1.165, 1.54) is 35.3 Å². The Hall–Kier alpha value is -3.55. The number of benzene rings is 2. The molecule has 0 aliphatic carbocycles. The van der Waals surface area contributed by atoms with Gasteiger partial charge in [-0.15, -0.1) is 0 Å². The Morgan fingerprint density at radius 1 is 1.28 bits per heavy atom. The summed E-state index contributed by atoms with van der Waals surface area (Å²) in [5.41, 5.74) is 0.902. The predicted octanol–water partition coefficient (Wildman–Crippen LogP) is 3.48. The van der Waals surface area contributed by atoms with Crippen LogP contribution in [0.3, 0.4) is 0 Å². The average molecular weight is 340 g/mol. The normalized spacial score (nSPS) is 10.5. The molecule has 25 heavy (non-hydrogen) atoms. The maximum Gasteiger partial charge on any atom is 0.282 e. The molecular formula is C17H13FN4O3. The van der Waals surface area contributed by atoms with Crippen molar-refractivity contribution in [2.75, 3.05) is 5.32 Å². The molecule has 3 aromatic rings. The van der Waals surface area contributed by atoms with Crippen LogP contribution in [0, 0.1) is 22.9 Å². The molecule has 0 radical (unpaired) electrons. The fourth-order valence-corrected chi connectivity index (χ4v) is 2.35. The van der Waals surface area contributed by atoms with Gasteiger partial charge >= 0.3 is 0 Å². The molecule has 126 valence electrons. The highest BCUT2D eigenvalue weighted by Gasteiger charge is 2.20. The smallest absolute Gasteiger partial charge is 0.282 e. The van der Waals surface area contributed by atoms with Crippen LogP contribution in [0.25, 0.3) is 5.69 Å². The highest BCUT2D eigenvalue weighted by Crippen LogP contribution is 2.22. The quantitative estimate of drug-likeness (QED) is 0.581. The van der Waals surface area contributed by atoms with Crippen LogP contribution in [0.4, 0.5) is 15.8 Å². The number of halogens is 1. The third kappa shape index (κ3) is 3.37. The first kappa shape index (κ1) is 16.3. The largest absolute Gasteiger partial charge is 0.319 e. The fourth-order valence-electron chi connectivity index (χ4n) is 2.35. The van der Waals surface area contributed by atoms with Crippen molar-refractivity contribution in [2.45, 2.75) is 6.92 Å². The molecule has 7 nitrogen and oxygen atoms in total. The van der Waals surface area contributed by atoms with Gasteiger partial charge in [0.15, 0.2) is 0 Å². The summed E-state index contributed by atoms with van der Waals surface area (Å²) in [6.45, 7) is 1.73. The van der Waals surface area contributed by atoms with E-state index in [0.717, 1.165) is 5.56 Å². The second-order valence-electron chi connectivity index (χ2n) is 5.36. The summed E-state index contributed by atoms with van der Waals surface area (Å²) in [5, 5.41) is 17.6. The zero-order valence-corrected chi connectivity index (χ0v) is 13.1. The van der Waals surface area contributed by atoms with Crippen molar-refractivity contribution in [3.63, 3.8) is 0 Å². The summed E-state index contributed by atoms with van der Waals surface area (Å²) in [7, 11) is 0. The van der Waals surface area contributed by atoms with Gasteiger partial charge in [0, 0.05) is 6.07 Å². The van der Waals surface area contributed by atoms with Gasteiger partial charge in [-0.3, -0.25) is 14.9 Å². The van der Waals surface area contributed by atoms with Gasteiger partial charge in [-0.05, 0) is 30.7 Å². The molecule has 0 aliphatic rings. The van der Waals surface area contributed by atoms with Crippen LogP contribution in [0.5, 0.6) is 0 Å². The molecule has 3 rings (SSSR count). The van der Waals surface area contributed by atoms with E-state index in [-0.39, 0.29) is 16.9 Å². The molecule has 0 bridgehead atoms. The van der Waals surface area contributed by atoms with Crippen molar-refractivity contribution in [3.8, 4) is 5.69 Å². The summed E-state index contributed by atoms with van der Waals surface area (Å²) >= 11 is 0. The van der Waals surface area contributed by atoms with Crippen molar-refractivity contribution < 1.29 is 14.1 Å². The molecule has 0 saturated carbocycles. The third-order valence-electron chi connectivity index (χ3n) is 3.53. The van der Waals surface area contributed by atoms with Crippen LogP contribution in [0.15, 0.2) is 54.9 Å². The van der Waals surface area contributed by atoms with Crippen molar-refractivity contribution in [1.82, 2.24) is 9.78 Å². The molecule has 0 spiro atoms. The van der Waals surface area contributed by atoms with Crippen LogP contribution >= 0.6 is 0 Å². The topological polar surface area (TPSA) is 90.1 Å². The van der Waals surface area contributed by atoms with E-state index in [4.69, 9.17) is 0 Å². The number of para-hydroxylation sites is 1. The number of hydrogen-bond acceptors (Lipinski definition) is 4. The fraction of sp³-hybridized carbons (Fsp3) is 0.0588. The van der Waals surface area contributed by atoms with Gasteiger partial charge in [-0.25, -0.2) is 9.07 Å². The second-order valence-corrected chi connectivity index (χ2v) is 5.36. The highest BCUT2D eigenvalue weighted by molar-refractivity contribution is 6.07. The van der Waals surface area contributed by atoms with E-state index in [1.54, 1.807) is 31.2 Å². The maximum absolute atomic E-state index is 13.8. The summed E-state index contributed by atoms with van der Waals surface area (Å²) in [6, 6.07) is 10.3. The van der Waals surface area contributed by atoms with Crippen LogP contribution in [-0.2, 0) is 0 Å². The van der Waals surface area contributed by atoms with Gasteiger partial charge in [0.1, 0.15) is 17.1 Å². The lowest BCUT2D eigenvalue weighted by Gasteiger charge is -2.05. The Balaban J connectivity index is 1.87. The van der Waals surface area contributed by atoms with E-state index in [2.05, 4.69) is 10.4 Å². The first-order valence-corrected chi connectivity index (χ1v) is 7.31. The van der Waals surface area contributed by atoms with Crippen LogP contribution < -0.4 is 5.32 Å². The van der Waals surface area contributed by atoms with Crippen LogP contribution in [0.2, 0.25) is 0 Å². The van der Waals surface area contributed by atoms with E-state index in [0.29, 0.717) is 5.69 Å². The molecular weight excluding hydrogens is 327 g/mol. The van der Waals surface area contributed by atoms with Gasteiger partial charge in [0.25, 0.3) is 11.6 Å². The standard InChI is InChI=1S/C17H13FN4O3/c1-11-6-7-15(22(24)25)13(8-11)17(23)20-12-9-19-21(10-12)16-5-3-2-4-14(16)18/h2-10H,1H3,(H,20,23). The molecule has 2 aromatic carbocycles. The number of nitro groups is 1. The average Bonchev–Trinajstić information content (AvgIpc) is 3.03. The predicted molar refractivity (Wildman–Crippen MR) is 89.3 cm³/mol. The molecule has 0 aliphatic heterocycles. The van der Waals surface area contributed by atoms with Gasteiger partial charge < -0.3 is 5.32 Å². The second kappa shape index (κ2) is 6.52. The summed E-state index contributed by atoms with van der Waals surface area (Å²) < 4.78 is 15.0. The number of rotatable bonds is 4. The zero-order valence-electron chi connectivity index (χ0n) is 13.1. The summed E-state index contributed by atoms with van der Waals surface area (Å²) in [5.74, 6) is -1.10. The number of hydrogen-bond donors (Lipinski definition) is 1. The van der Waals surface area contributed by atoms with Gasteiger partial charge in [0.2, 0.25) is 0 Å². The van der Waals surface area contributed by atoms with Gasteiger partial charge in [-0.1, -0.05) is 18.2 Å². The van der Waals surface area contributed by atoms with Crippen molar-refractivity contribution in [1.29, 1.82) is 0 Å². The Morgan fingerprint density at radius 3 is 2.76 bits per heavy atom. The van der Waals surface area contributed by atoms with Crippen molar-refractivity contribution >= 4 is 17.3 Å². The number of aromatic nitrogens is 2. The molecule has 1 heterocycles. The van der Waals surface area contributed by atoms with E-state index < -0.39 is 16.6 Å². The molecule has 1 aromatic heterocycles. The first-order valence-electron chi connectivity index (χ1n) is 7.31. The number of nitro benzene ring substituents is 1. The Labute approximate surface area is 141 Å². The zero-order chi connectivity index (χ0) is 18.0. The number of anilines is 1. The number of aryl methyl sites for hydroxylation is 1. The van der Waals surface area contributed by atoms with Crippen molar-refractivity contribution in [2.24, 2.45) is 0 Å². The van der Waals surface area contributed by atoms with Crippen LogP contribution in [-0.4, -0.2) is 20.6 Å². The molecule has 1 N–H and O–H groups in total. The molecule has 0 atom stereocenters. The van der Waals surface area contributed by atoms with Gasteiger partial charge in [0.05, 0.1) is 23.0 Å². The highest BCUT2D eigenvalue weighted by atomic mass is 19.1. The Morgan fingerprint density at radius 2 is 2.04 bits per heavy atom. The third-order valence-corrected chi connectivity index (χ3v) is 3.53. The number of nitrogens with one attached hydrogen (secondary N) is 1. The number of nitrogens with zero attached hydrogens (tertiary/aromatic N) is 3. The molecule has 8 heteroatoms. The van der Waals surface area contributed by atoms with E-state index >= 15 is 0 Å². The first-order chi connectivity index (χ1) is 12.0. The minimum atomic E-state index is -0.636. The maximum atomic E-state index is 13.8. The number of amides is 1. The summed E-state index contributed by atoms with van der Waals surface area (Å²) in [4.78, 5) is 22.8. The van der Waals surface area contributed by atoms with Gasteiger partial charge in [-0.2, -0.15) is 5.10 Å². The lowest BCUT2D eigenvalue weighted by Crippen LogP contribution is -2.13. The van der Waals surface area contributed by atoms with Crippen molar-refractivity contribution in [3.05, 3.63) is 81.9 Å². The minimum absolute atomic E-state index is 0.0522. The van der Waals surface area contributed by atoms with Crippen LogP contribution in [0.1, 0.15) is 15.9 Å². The lowest BCUT2D eigenvalue weighted by atomic mass is 10.1. The molecule has 1 amide bonds. The number of carbonyl (C=O) groups excluding carboxylic acids is 1. The van der Waals surface area contributed by atoms with E-state index in [1.807, 2.05) is 0 Å².